The van der Waals surface area contributed by atoms with Crippen molar-refractivity contribution in [2.24, 2.45) is 11.8 Å². The SMILES string of the molecule is C[C@H]1C[C@@H]1C(=O)N1CCN(S(=O)(=O)c2ccccc2[N+](=O)[O-])CC1. The second-order valence-electron chi connectivity index (χ2n) is 6.27. The lowest BCUT2D eigenvalue weighted by molar-refractivity contribution is -0.387. The van der Waals surface area contributed by atoms with Crippen LogP contribution in [-0.2, 0) is 14.8 Å². The number of rotatable bonds is 4. The summed E-state index contributed by atoms with van der Waals surface area (Å²) in [6.45, 7) is 2.98. The average Bonchev–Trinajstić information content (AvgIpc) is 3.31. The fourth-order valence-electron chi connectivity index (χ4n) is 3.01. The minimum Gasteiger partial charge on any atom is -0.340 e. The first kappa shape index (κ1) is 16.8. The van der Waals surface area contributed by atoms with Gasteiger partial charge in [-0.15, -0.1) is 0 Å². The molecule has 24 heavy (non-hydrogen) atoms. The van der Waals surface area contributed by atoms with Gasteiger partial charge in [-0.2, -0.15) is 4.31 Å². The molecular formula is C15H19N3O5S. The van der Waals surface area contributed by atoms with E-state index in [1.54, 1.807) is 4.90 Å². The minimum absolute atomic E-state index is 0.0726. The number of amides is 1. The molecule has 9 heteroatoms. The van der Waals surface area contributed by atoms with E-state index in [1.807, 2.05) is 6.92 Å². The monoisotopic (exact) mass is 353 g/mol. The van der Waals surface area contributed by atoms with Crippen molar-refractivity contribution in [2.75, 3.05) is 26.2 Å². The normalized spacial score (nSPS) is 24.6. The summed E-state index contributed by atoms with van der Waals surface area (Å²) >= 11 is 0. The highest BCUT2D eigenvalue weighted by Crippen LogP contribution is 2.39. The lowest BCUT2D eigenvalue weighted by Crippen LogP contribution is -2.51. The van der Waals surface area contributed by atoms with Crippen molar-refractivity contribution in [1.29, 1.82) is 0 Å². The lowest BCUT2D eigenvalue weighted by Gasteiger charge is -2.34. The third-order valence-electron chi connectivity index (χ3n) is 4.66. The van der Waals surface area contributed by atoms with Gasteiger partial charge in [0.25, 0.3) is 5.69 Å². The van der Waals surface area contributed by atoms with Crippen LogP contribution in [0, 0.1) is 22.0 Å². The molecule has 1 saturated heterocycles. The smallest absolute Gasteiger partial charge is 0.289 e. The molecule has 1 aliphatic carbocycles. The van der Waals surface area contributed by atoms with Crippen molar-refractivity contribution in [3.05, 3.63) is 34.4 Å². The Morgan fingerprint density at radius 1 is 1.21 bits per heavy atom. The van der Waals surface area contributed by atoms with Crippen molar-refractivity contribution in [3.63, 3.8) is 0 Å². The van der Waals surface area contributed by atoms with E-state index in [4.69, 9.17) is 0 Å². The van der Waals surface area contributed by atoms with Gasteiger partial charge in [-0.25, -0.2) is 8.42 Å². The van der Waals surface area contributed by atoms with Crippen molar-refractivity contribution in [2.45, 2.75) is 18.2 Å². The van der Waals surface area contributed by atoms with Gasteiger partial charge < -0.3 is 4.90 Å². The van der Waals surface area contributed by atoms with Gasteiger partial charge in [-0.3, -0.25) is 14.9 Å². The molecule has 1 aliphatic heterocycles. The molecular weight excluding hydrogens is 334 g/mol. The van der Waals surface area contributed by atoms with Crippen LogP contribution < -0.4 is 0 Å². The van der Waals surface area contributed by atoms with Crippen LogP contribution >= 0.6 is 0 Å². The summed E-state index contributed by atoms with van der Waals surface area (Å²) in [7, 11) is -3.95. The maximum Gasteiger partial charge on any atom is 0.289 e. The maximum atomic E-state index is 12.7. The number of benzene rings is 1. The third-order valence-corrected chi connectivity index (χ3v) is 6.60. The van der Waals surface area contributed by atoms with Gasteiger partial charge in [0, 0.05) is 38.2 Å². The van der Waals surface area contributed by atoms with Gasteiger partial charge in [0.15, 0.2) is 4.90 Å². The molecule has 1 aromatic rings. The Balaban J connectivity index is 1.74. The number of carbonyl (C=O) groups is 1. The van der Waals surface area contributed by atoms with E-state index in [0.29, 0.717) is 19.0 Å². The predicted octanol–water partition coefficient (Wildman–Crippen LogP) is 1.08. The Bertz CT molecular complexity index is 771. The zero-order chi connectivity index (χ0) is 17.5. The standard InChI is InChI=1S/C15H19N3O5S/c1-11-10-12(11)15(19)16-6-8-17(9-7-16)24(22,23)14-5-3-2-4-13(14)18(20)21/h2-5,11-12H,6-10H2,1H3/t11-,12-/m0/s1. The molecule has 3 rings (SSSR count). The summed E-state index contributed by atoms with van der Waals surface area (Å²) in [5.41, 5.74) is -0.428. The lowest BCUT2D eigenvalue weighted by atomic mass is 10.2. The van der Waals surface area contributed by atoms with Gasteiger partial charge in [-0.1, -0.05) is 19.1 Å². The zero-order valence-electron chi connectivity index (χ0n) is 13.3. The van der Waals surface area contributed by atoms with Crippen LogP contribution in [0.4, 0.5) is 5.69 Å². The van der Waals surface area contributed by atoms with Gasteiger partial charge >= 0.3 is 0 Å². The third kappa shape index (κ3) is 3.01. The first-order valence-electron chi connectivity index (χ1n) is 7.84. The van der Waals surface area contributed by atoms with Crippen LogP contribution in [0.25, 0.3) is 0 Å². The van der Waals surface area contributed by atoms with Crippen LogP contribution in [0.3, 0.4) is 0 Å². The molecule has 8 nitrogen and oxygen atoms in total. The van der Waals surface area contributed by atoms with Crippen LogP contribution in [0.5, 0.6) is 0 Å². The van der Waals surface area contributed by atoms with Gasteiger partial charge in [-0.05, 0) is 18.4 Å². The molecule has 130 valence electrons. The molecule has 1 aromatic carbocycles. The second-order valence-corrected chi connectivity index (χ2v) is 8.18. The predicted molar refractivity (Wildman–Crippen MR) is 85.7 cm³/mol. The molecule has 1 heterocycles. The number of nitrogens with zero attached hydrogens (tertiary/aromatic N) is 3. The van der Waals surface area contributed by atoms with Gasteiger partial charge in [0.2, 0.25) is 15.9 Å². The van der Waals surface area contributed by atoms with Gasteiger partial charge in [0.1, 0.15) is 0 Å². The number of carbonyl (C=O) groups excluding carboxylic acids is 1. The maximum absolute atomic E-state index is 12.7. The second kappa shape index (κ2) is 6.14. The van der Waals surface area contributed by atoms with Crippen LogP contribution in [-0.4, -0.2) is 54.6 Å². The Labute approximate surface area is 140 Å². The molecule has 0 unspecified atom stereocenters. The highest BCUT2D eigenvalue weighted by atomic mass is 32.2. The van der Waals surface area contributed by atoms with E-state index >= 15 is 0 Å². The highest BCUT2D eigenvalue weighted by molar-refractivity contribution is 7.89. The number of para-hydroxylation sites is 1. The van der Waals surface area contributed by atoms with E-state index < -0.39 is 20.6 Å². The number of hydrogen-bond acceptors (Lipinski definition) is 5. The molecule has 2 fully saturated rings. The first-order chi connectivity index (χ1) is 11.3. The Hall–Kier alpha value is -2.00. The summed E-state index contributed by atoms with van der Waals surface area (Å²) in [6, 6.07) is 5.33. The molecule has 0 aromatic heterocycles. The van der Waals surface area contributed by atoms with Crippen LogP contribution in [0.15, 0.2) is 29.2 Å². The Morgan fingerprint density at radius 2 is 1.79 bits per heavy atom. The number of nitro benzene ring substituents is 1. The van der Waals surface area contributed by atoms with Crippen molar-refractivity contribution >= 4 is 21.6 Å². The number of piperazine rings is 1. The molecule has 0 spiro atoms. The average molecular weight is 353 g/mol. The summed E-state index contributed by atoms with van der Waals surface area (Å²) in [4.78, 5) is 24.0. The topological polar surface area (TPSA) is 101 Å². The minimum atomic E-state index is -3.95. The summed E-state index contributed by atoms with van der Waals surface area (Å²) in [6.07, 6.45) is 0.896. The first-order valence-corrected chi connectivity index (χ1v) is 9.28. The van der Waals surface area contributed by atoms with Crippen LogP contribution in [0.2, 0.25) is 0 Å². The quantitative estimate of drug-likeness (QED) is 0.595. The molecule has 1 amide bonds. The summed E-state index contributed by atoms with van der Waals surface area (Å²) in [5, 5.41) is 11.1. The van der Waals surface area contributed by atoms with Crippen molar-refractivity contribution in [3.8, 4) is 0 Å². The number of hydrogen-bond donors (Lipinski definition) is 0. The summed E-state index contributed by atoms with van der Waals surface area (Å²) in [5.74, 6) is 0.569. The van der Waals surface area contributed by atoms with Crippen molar-refractivity contribution < 1.29 is 18.1 Å². The highest BCUT2D eigenvalue weighted by Gasteiger charge is 2.43. The van der Waals surface area contributed by atoms with E-state index in [-0.39, 0.29) is 29.8 Å². The Kier molecular flexibility index (Phi) is 4.31. The summed E-state index contributed by atoms with van der Waals surface area (Å²) < 4.78 is 26.6. The Morgan fingerprint density at radius 3 is 2.33 bits per heavy atom. The van der Waals surface area contributed by atoms with E-state index in [0.717, 1.165) is 6.42 Å². The van der Waals surface area contributed by atoms with Crippen LogP contribution in [0.1, 0.15) is 13.3 Å². The number of nitro groups is 1. The number of sulfonamides is 1. The van der Waals surface area contributed by atoms with Gasteiger partial charge in [0.05, 0.1) is 4.92 Å². The fourth-order valence-corrected chi connectivity index (χ4v) is 4.59. The molecule has 1 saturated carbocycles. The van der Waals surface area contributed by atoms with E-state index in [2.05, 4.69) is 0 Å². The molecule has 0 bridgehead atoms. The van der Waals surface area contributed by atoms with E-state index in [1.165, 1.54) is 28.6 Å². The largest absolute Gasteiger partial charge is 0.340 e. The van der Waals surface area contributed by atoms with Crippen molar-refractivity contribution in [1.82, 2.24) is 9.21 Å². The fraction of sp³-hybridized carbons (Fsp3) is 0.533. The molecule has 2 atom stereocenters. The molecule has 0 N–H and O–H groups in total. The zero-order valence-corrected chi connectivity index (χ0v) is 14.1. The van der Waals surface area contributed by atoms with E-state index in [9.17, 15) is 23.3 Å². The molecule has 0 radical (unpaired) electrons. The molecule has 2 aliphatic rings.